The van der Waals surface area contributed by atoms with Crippen LogP contribution in [0.2, 0.25) is 0 Å². The van der Waals surface area contributed by atoms with Gasteiger partial charge in [0.15, 0.2) is 5.75 Å². The molecule has 0 bridgehead atoms. The fourth-order valence-electron chi connectivity index (χ4n) is 1.69. The summed E-state index contributed by atoms with van der Waals surface area (Å²) < 4.78 is 11.1. The Morgan fingerprint density at radius 1 is 1.14 bits per heavy atom. The Bertz CT molecular complexity index is 626. The molecule has 6 heteroatoms. The molecule has 0 amide bonds. The molecule has 0 fully saturated rings. The van der Waals surface area contributed by atoms with Gasteiger partial charge in [-0.05, 0) is 36.8 Å². The monoisotopic (exact) mass is 288 g/mol. The zero-order valence-electron chi connectivity index (χ0n) is 11.6. The minimum atomic E-state index is -0.500. The van der Waals surface area contributed by atoms with E-state index in [4.69, 9.17) is 15.2 Å². The number of ether oxygens (including phenoxy) is 2. The van der Waals surface area contributed by atoms with Crippen LogP contribution in [0.15, 0.2) is 42.5 Å². The third kappa shape index (κ3) is 3.85. The average molecular weight is 288 g/mol. The molecule has 0 aromatic heterocycles. The normalized spacial score (nSPS) is 10.1. The summed E-state index contributed by atoms with van der Waals surface area (Å²) >= 11 is 0. The zero-order chi connectivity index (χ0) is 15.2. The number of nitro groups is 1. The molecule has 0 aliphatic heterocycles. The second kappa shape index (κ2) is 6.60. The molecule has 21 heavy (non-hydrogen) atoms. The van der Waals surface area contributed by atoms with Crippen molar-refractivity contribution in [3.63, 3.8) is 0 Å². The van der Waals surface area contributed by atoms with Gasteiger partial charge in [-0.2, -0.15) is 0 Å². The number of hydrogen-bond acceptors (Lipinski definition) is 5. The van der Waals surface area contributed by atoms with Crippen LogP contribution in [0.25, 0.3) is 0 Å². The zero-order valence-corrected chi connectivity index (χ0v) is 11.6. The van der Waals surface area contributed by atoms with E-state index in [1.807, 2.05) is 6.92 Å². The van der Waals surface area contributed by atoms with Gasteiger partial charge in [-0.15, -0.1) is 0 Å². The molecule has 6 nitrogen and oxygen atoms in total. The third-order valence-corrected chi connectivity index (χ3v) is 2.73. The number of nitrogen functional groups attached to an aromatic ring is 1. The van der Waals surface area contributed by atoms with Crippen LogP contribution in [0.5, 0.6) is 17.2 Å². The van der Waals surface area contributed by atoms with Crippen LogP contribution < -0.4 is 15.2 Å². The van der Waals surface area contributed by atoms with E-state index in [1.54, 1.807) is 24.3 Å². The van der Waals surface area contributed by atoms with Crippen molar-refractivity contribution in [1.29, 1.82) is 0 Å². The minimum absolute atomic E-state index is 0.0665. The van der Waals surface area contributed by atoms with Gasteiger partial charge in [-0.25, -0.2) is 0 Å². The lowest BCUT2D eigenvalue weighted by Crippen LogP contribution is -1.96. The van der Waals surface area contributed by atoms with E-state index in [-0.39, 0.29) is 11.4 Å². The van der Waals surface area contributed by atoms with Crippen molar-refractivity contribution >= 4 is 11.4 Å². The summed E-state index contributed by atoms with van der Waals surface area (Å²) in [5, 5.41) is 10.6. The van der Waals surface area contributed by atoms with Gasteiger partial charge in [-0.3, -0.25) is 10.1 Å². The second-order valence-corrected chi connectivity index (χ2v) is 4.40. The number of nitrogens with two attached hydrogens (primary N) is 1. The summed E-state index contributed by atoms with van der Waals surface area (Å²) in [5.74, 6) is 1.73. The van der Waals surface area contributed by atoms with Gasteiger partial charge in [0.2, 0.25) is 0 Å². The van der Waals surface area contributed by atoms with Crippen molar-refractivity contribution in [3.8, 4) is 17.2 Å². The standard InChI is InChI=1S/C15H16N2O4/c1-2-9-20-12-4-6-13(7-5-12)21-15-8-3-11(17(18)19)10-14(15)16/h3-8,10H,2,9,16H2,1H3. The molecular formula is C15H16N2O4. The molecule has 0 heterocycles. The third-order valence-electron chi connectivity index (χ3n) is 2.73. The summed E-state index contributed by atoms with van der Waals surface area (Å²) in [7, 11) is 0. The fourth-order valence-corrected chi connectivity index (χ4v) is 1.69. The second-order valence-electron chi connectivity index (χ2n) is 4.40. The average Bonchev–Trinajstić information content (AvgIpc) is 2.48. The van der Waals surface area contributed by atoms with Crippen molar-refractivity contribution in [2.24, 2.45) is 0 Å². The summed E-state index contributed by atoms with van der Waals surface area (Å²) in [6, 6.07) is 11.2. The maximum Gasteiger partial charge on any atom is 0.271 e. The van der Waals surface area contributed by atoms with Gasteiger partial charge in [-0.1, -0.05) is 6.92 Å². The molecule has 2 aromatic rings. The first-order valence-corrected chi connectivity index (χ1v) is 6.54. The predicted octanol–water partition coefficient (Wildman–Crippen LogP) is 3.76. The van der Waals surface area contributed by atoms with Gasteiger partial charge in [0.25, 0.3) is 5.69 Å². The Balaban J connectivity index is 2.09. The largest absolute Gasteiger partial charge is 0.494 e. The molecule has 2 aromatic carbocycles. The first-order chi connectivity index (χ1) is 10.1. The number of anilines is 1. The van der Waals surface area contributed by atoms with E-state index in [9.17, 15) is 10.1 Å². The molecule has 0 aliphatic rings. The molecular weight excluding hydrogens is 272 g/mol. The smallest absolute Gasteiger partial charge is 0.271 e. The van der Waals surface area contributed by atoms with Crippen LogP contribution >= 0.6 is 0 Å². The maximum absolute atomic E-state index is 10.6. The van der Waals surface area contributed by atoms with Crippen LogP contribution in [-0.2, 0) is 0 Å². The van der Waals surface area contributed by atoms with E-state index in [0.717, 1.165) is 12.2 Å². The molecule has 2 N–H and O–H groups in total. The van der Waals surface area contributed by atoms with Gasteiger partial charge >= 0.3 is 0 Å². The van der Waals surface area contributed by atoms with E-state index in [1.165, 1.54) is 18.2 Å². The summed E-state index contributed by atoms with van der Waals surface area (Å²) in [4.78, 5) is 10.1. The number of rotatable bonds is 6. The molecule has 0 radical (unpaired) electrons. The van der Waals surface area contributed by atoms with Crippen molar-refractivity contribution in [3.05, 3.63) is 52.6 Å². The van der Waals surface area contributed by atoms with Crippen LogP contribution in [0.1, 0.15) is 13.3 Å². The number of non-ortho nitro benzene ring substituents is 1. The van der Waals surface area contributed by atoms with Crippen molar-refractivity contribution in [2.45, 2.75) is 13.3 Å². The SMILES string of the molecule is CCCOc1ccc(Oc2ccc([N+](=O)[O-])cc2N)cc1. The topological polar surface area (TPSA) is 87.6 Å². The maximum atomic E-state index is 10.6. The first kappa shape index (κ1) is 14.6. The highest BCUT2D eigenvalue weighted by Crippen LogP contribution is 2.31. The number of hydrogen-bond donors (Lipinski definition) is 1. The van der Waals surface area contributed by atoms with Crippen LogP contribution in [0, 0.1) is 10.1 Å². The Kier molecular flexibility index (Phi) is 4.61. The van der Waals surface area contributed by atoms with Crippen LogP contribution in [0.3, 0.4) is 0 Å². The lowest BCUT2D eigenvalue weighted by atomic mass is 10.2. The molecule has 0 saturated heterocycles. The number of nitro benzene ring substituents is 1. The van der Waals surface area contributed by atoms with Crippen molar-refractivity contribution < 1.29 is 14.4 Å². The Morgan fingerprint density at radius 2 is 1.81 bits per heavy atom. The van der Waals surface area contributed by atoms with E-state index >= 15 is 0 Å². The van der Waals surface area contributed by atoms with Crippen molar-refractivity contribution in [2.75, 3.05) is 12.3 Å². The molecule has 0 unspecified atom stereocenters. The quantitative estimate of drug-likeness (QED) is 0.496. The van der Waals surface area contributed by atoms with Gasteiger partial charge in [0.1, 0.15) is 11.5 Å². The highest BCUT2D eigenvalue weighted by molar-refractivity contribution is 5.59. The Morgan fingerprint density at radius 3 is 2.38 bits per heavy atom. The molecule has 0 atom stereocenters. The van der Waals surface area contributed by atoms with E-state index < -0.39 is 4.92 Å². The summed E-state index contributed by atoms with van der Waals surface area (Å²) in [6.07, 6.45) is 0.942. The Labute approximate surface area is 122 Å². The lowest BCUT2D eigenvalue weighted by Gasteiger charge is -2.09. The minimum Gasteiger partial charge on any atom is -0.494 e. The van der Waals surface area contributed by atoms with Crippen LogP contribution in [0.4, 0.5) is 11.4 Å². The van der Waals surface area contributed by atoms with Crippen molar-refractivity contribution in [1.82, 2.24) is 0 Å². The molecule has 0 saturated carbocycles. The van der Waals surface area contributed by atoms with Gasteiger partial charge < -0.3 is 15.2 Å². The number of nitrogens with zero attached hydrogens (tertiary/aromatic N) is 1. The fraction of sp³-hybridized carbons (Fsp3) is 0.200. The summed E-state index contributed by atoms with van der Waals surface area (Å²) in [5.41, 5.74) is 5.90. The van der Waals surface area contributed by atoms with E-state index in [2.05, 4.69) is 0 Å². The van der Waals surface area contributed by atoms with Crippen LogP contribution in [-0.4, -0.2) is 11.5 Å². The van der Waals surface area contributed by atoms with E-state index in [0.29, 0.717) is 18.1 Å². The molecule has 0 aliphatic carbocycles. The predicted molar refractivity (Wildman–Crippen MR) is 79.8 cm³/mol. The first-order valence-electron chi connectivity index (χ1n) is 6.54. The molecule has 0 spiro atoms. The molecule has 2 rings (SSSR count). The van der Waals surface area contributed by atoms with Gasteiger partial charge in [0, 0.05) is 12.1 Å². The number of benzene rings is 2. The lowest BCUT2D eigenvalue weighted by molar-refractivity contribution is -0.384. The highest BCUT2D eigenvalue weighted by Gasteiger charge is 2.10. The summed E-state index contributed by atoms with van der Waals surface area (Å²) in [6.45, 7) is 2.70. The Hall–Kier alpha value is -2.76. The highest BCUT2D eigenvalue weighted by atomic mass is 16.6. The van der Waals surface area contributed by atoms with Gasteiger partial charge in [0.05, 0.1) is 17.2 Å². The molecule has 110 valence electrons.